The number of aliphatic carboxylic acids is 1. The third kappa shape index (κ3) is 3.95. The van der Waals surface area contributed by atoms with Crippen molar-refractivity contribution in [3.8, 4) is 0 Å². The summed E-state index contributed by atoms with van der Waals surface area (Å²) in [6, 6.07) is -0.630. The zero-order chi connectivity index (χ0) is 14.6. The van der Waals surface area contributed by atoms with Crippen molar-refractivity contribution in [3.63, 3.8) is 0 Å². The lowest BCUT2D eigenvalue weighted by atomic mass is 9.86. The van der Waals surface area contributed by atoms with Crippen LogP contribution in [0.5, 0.6) is 0 Å². The second-order valence-corrected chi connectivity index (χ2v) is 6.15. The minimum absolute atomic E-state index is 0.0381. The Morgan fingerprint density at radius 2 is 2.00 bits per heavy atom. The topological polar surface area (TPSA) is 57.6 Å². The molecule has 19 heavy (non-hydrogen) atoms. The SMILES string of the molecule is CCCC(C(=O)N1CCC(C)CC1C(=O)O)C(C)C. The van der Waals surface area contributed by atoms with Gasteiger partial charge in [-0.3, -0.25) is 4.79 Å². The Morgan fingerprint density at radius 1 is 1.37 bits per heavy atom. The molecule has 4 nitrogen and oxygen atoms in total. The summed E-state index contributed by atoms with van der Waals surface area (Å²) < 4.78 is 0. The quantitative estimate of drug-likeness (QED) is 0.835. The van der Waals surface area contributed by atoms with Crippen LogP contribution >= 0.6 is 0 Å². The summed E-state index contributed by atoms with van der Waals surface area (Å²) in [6.45, 7) is 8.80. The maximum absolute atomic E-state index is 12.6. The molecule has 0 aromatic rings. The molecule has 1 rings (SSSR count). The number of amides is 1. The molecular weight excluding hydrogens is 242 g/mol. The zero-order valence-electron chi connectivity index (χ0n) is 12.6. The van der Waals surface area contributed by atoms with Gasteiger partial charge in [-0.15, -0.1) is 0 Å². The van der Waals surface area contributed by atoms with Crippen LogP contribution in [-0.4, -0.2) is 34.5 Å². The second kappa shape index (κ2) is 6.92. The average Bonchev–Trinajstić information content (AvgIpc) is 2.34. The van der Waals surface area contributed by atoms with E-state index in [1.54, 1.807) is 4.90 Å². The van der Waals surface area contributed by atoms with Gasteiger partial charge in [-0.1, -0.05) is 34.1 Å². The molecule has 3 unspecified atom stereocenters. The molecule has 1 aliphatic rings. The highest BCUT2D eigenvalue weighted by atomic mass is 16.4. The third-order valence-corrected chi connectivity index (χ3v) is 4.15. The van der Waals surface area contributed by atoms with E-state index in [0.29, 0.717) is 18.9 Å². The van der Waals surface area contributed by atoms with Crippen LogP contribution in [0.2, 0.25) is 0 Å². The molecule has 0 aliphatic carbocycles. The Labute approximate surface area is 116 Å². The first-order valence-corrected chi connectivity index (χ1v) is 7.41. The molecule has 1 saturated heterocycles. The first-order chi connectivity index (χ1) is 8.88. The highest BCUT2D eigenvalue weighted by Gasteiger charge is 2.37. The largest absolute Gasteiger partial charge is 0.480 e. The fourth-order valence-electron chi connectivity index (χ4n) is 2.91. The van der Waals surface area contributed by atoms with E-state index in [9.17, 15) is 14.7 Å². The van der Waals surface area contributed by atoms with Crippen LogP contribution in [0, 0.1) is 17.8 Å². The lowest BCUT2D eigenvalue weighted by Gasteiger charge is -2.38. The fourth-order valence-corrected chi connectivity index (χ4v) is 2.91. The molecule has 1 heterocycles. The van der Waals surface area contributed by atoms with Gasteiger partial charge in [0.05, 0.1) is 0 Å². The van der Waals surface area contributed by atoms with Crippen molar-refractivity contribution in [1.82, 2.24) is 4.90 Å². The predicted molar refractivity (Wildman–Crippen MR) is 74.8 cm³/mol. The summed E-state index contributed by atoms with van der Waals surface area (Å²) >= 11 is 0. The number of hydrogen-bond donors (Lipinski definition) is 1. The number of nitrogens with zero attached hydrogens (tertiary/aromatic N) is 1. The molecule has 4 heteroatoms. The van der Waals surface area contributed by atoms with Gasteiger partial charge in [0.25, 0.3) is 0 Å². The highest BCUT2D eigenvalue weighted by Crippen LogP contribution is 2.27. The molecule has 3 atom stereocenters. The predicted octanol–water partition coefficient (Wildman–Crippen LogP) is 2.77. The van der Waals surface area contributed by atoms with Gasteiger partial charge in [-0.2, -0.15) is 0 Å². The lowest BCUT2D eigenvalue weighted by molar-refractivity contribution is -0.155. The van der Waals surface area contributed by atoms with Crippen LogP contribution < -0.4 is 0 Å². The summed E-state index contributed by atoms with van der Waals surface area (Å²) in [4.78, 5) is 25.6. The van der Waals surface area contributed by atoms with E-state index in [1.165, 1.54) is 0 Å². The summed E-state index contributed by atoms with van der Waals surface area (Å²) in [7, 11) is 0. The molecule has 1 fully saturated rings. The van der Waals surface area contributed by atoms with Crippen LogP contribution in [-0.2, 0) is 9.59 Å². The number of carboxylic acid groups (broad SMARTS) is 1. The normalized spacial score (nSPS) is 25.4. The van der Waals surface area contributed by atoms with Crippen molar-refractivity contribution in [2.24, 2.45) is 17.8 Å². The lowest BCUT2D eigenvalue weighted by Crippen LogP contribution is -2.52. The first kappa shape index (κ1) is 16.0. The monoisotopic (exact) mass is 269 g/mol. The van der Waals surface area contributed by atoms with E-state index in [1.807, 2.05) is 13.8 Å². The van der Waals surface area contributed by atoms with Crippen LogP contribution in [0.3, 0.4) is 0 Å². The van der Waals surface area contributed by atoms with Gasteiger partial charge in [0.2, 0.25) is 5.91 Å². The maximum atomic E-state index is 12.6. The molecule has 1 amide bonds. The molecular formula is C15H27NO3. The number of piperidine rings is 1. The highest BCUT2D eigenvalue weighted by molar-refractivity contribution is 5.85. The van der Waals surface area contributed by atoms with Crippen LogP contribution in [0.4, 0.5) is 0 Å². The van der Waals surface area contributed by atoms with Crippen molar-refractivity contribution in [3.05, 3.63) is 0 Å². The Hall–Kier alpha value is -1.06. The number of carboxylic acids is 1. The molecule has 0 bridgehead atoms. The molecule has 0 radical (unpaired) electrons. The van der Waals surface area contributed by atoms with Crippen molar-refractivity contribution in [1.29, 1.82) is 0 Å². The van der Waals surface area contributed by atoms with Crippen molar-refractivity contribution in [2.75, 3.05) is 6.54 Å². The summed E-state index contributed by atoms with van der Waals surface area (Å²) in [6.07, 6.45) is 3.29. The van der Waals surface area contributed by atoms with Crippen molar-refractivity contribution >= 4 is 11.9 Å². The number of hydrogen-bond acceptors (Lipinski definition) is 2. The number of carbonyl (C=O) groups is 2. The fraction of sp³-hybridized carbons (Fsp3) is 0.867. The molecule has 1 N–H and O–H groups in total. The molecule has 1 aliphatic heterocycles. The molecule has 0 aromatic heterocycles. The van der Waals surface area contributed by atoms with Crippen LogP contribution in [0.15, 0.2) is 0 Å². The smallest absolute Gasteiger partial charge is 0.326 e. The summed E-state index contributed by atoms with van der Waals surface area (Å²) in [5.41, 5.74) is 0. The van der Waals surface area contributed by atoms with E-state index in [2.05, 4.69) is 13.8 Å². The van der Waals surface area contributed by atoms with Gasteiger partial charge in [0, 0.05) is 12.5 Å². The minimum Gasteiger partial charge on any atom is -0.480 e. The van der Waals surface area contributed by atoms with Crippen LogP contribution in [0.1, 0.15) is 53.4 Å². The molecule has 0 spiro atoms. The Bertz CT molecular complexity index is 327. The van der Waals surface area contributed by atoms with Gasteiger partial charge in [-0.05, 0) is 31.1 Å². The number of rotatable bonds is 5. The number of likely N-dealkylation sites (tertiary alicyclic amines) is 1. The zero-order valence-corrected chi connectivity index (χ0v) is 12.6. The third-order valence-electron chi connectivity index (χ3n) is 4.15. The maximum Gasteiger partial charge on any atom is 0.326 e. The van der Waals surface area contributed by atoms with E-state index in [0.717, 1.165) is 19.3 Å². The second-order valence-electron chi connectivity index (χ2n) is 6.15. The Kier molecular flexibility index (Phi) is 5.83. The van der Waals surface area contributed by atoms with Crippen molar-refractivity contribution < 1.29 is 14.7 Å². The average molecular weight is 269 g/mol. The first-order valence-electron chi connectivity index (χ1n) is 7.41. The minimum atomic E-state index is -0.862. The van der Waals surface area contributed by atoms with E-state index >= 15 is 0 Å². The van der Waals surface area contributed by atoms with Gasteiger partial charge in [0.1, 0.15) is 6.04 Å². The van der Waals surface area contributed by atoms with Gasteiger partial charge >= 0.3 is 5.97 Å². The van der Waals surface area contributed by atoms with Crippen molar-refractivity contribution in [2.45, 2.75) is 59.4 Å². The molecule has 110 valence electrons. The van der Waals surface area contributed by atoms with Gasteiger partial charge in [0.15, 0.2) is 0 Å². The van der Waals surface area contributed by atoms with Gasteiger partial charge in [-0.25, -0.2) is 4.79 Å². The van der Waals surface area contributed by atoms with Gasteiger partial charge < -0.3 is 10.0 Å². The van der Waals surface area contributed by atoms with E-state index < -0.39 is 12.0 Å². The van der Waals surface area contributed by atoms with E-state index in [-0.39, 0.29) is 17.7 Å². The number of carbonyl (C=O) groups excluding carboxylic acids is 1. The summed E-state index contributed by atoms with van der Waals surface area (Å²) in [5.74, 6) is -0.217. The Balaban J connectivity index is 2.85. The van der Waals surface area contributed by atoms with Crippen LogP contribution in [0.25, 0.3) is 0 Å². The Morgan fingerprint density at radius 3 is 2.47 bits per heavy atom. The van der Waals surface area contributed by atoms with E-state index in [4.69, 9.17) is 0 Å². The molecule has 0 saturated carbocycles. The molecule has 0 aromatic carbocycles. The summed E-state index contributed by atoms with van der Waals surface area (Å²) in [5, 5.41) is 9.33. The standard InChI is InChI=1S/C15H27NO3/c1-5-6-12(10(2)3)14(17)16-8-7-11(4)9-13(16)15(18)19/h10-13H,5-9H2,1-4H3,(H,18,19).